The number of hydrogen-bond acceptors (Lipinski definition) is 1. The zero-order chi connectivity index (χ0) is 12.3. The largest absolute Gasteiger partial charge is 0.393 e. The summed E-state index contributed by atoms with van der Waals surface area (Å²) in [4.78, 5) is 0. The summed E-state index contributed by atoms with van der Waals surface area (Å²) in [5.74, 6) is 0. The molecule has 90 valence electrons. The molecule has 0 saturated heterocycles. The molecule has 0 saturated carbocycles. The molecule has 0 aliphatic rings. The first-order chi connectivity index (χ1) is 7.30. The summed E-state index contributed by atoms with van der Waals surface area (Å²) in [7, 11) is 0. The number of aliphatic hydroxyl groups excluding tert-OH is 1. The molecule has 2 unspecified atom stereocenters. The summed E-state index contributed by atoms with van der Waals surface area (Å²) in [5, 5.41) is 9.18. The van der Waals surface area contributed by atoms with Gasteiger partial charge in [0, 0.05) is 0 Å². The Morgan fingerprint density at radius 2 is 1.69 bits per heavy atom. The lowest BCUT2D eigenvalue weighted by Gasteiger charge is -2.20. The highest BCUT2D eigenvalue weighted by Crippen LogP contribution is 2.28. The fourth-order valence-electron chi connectivity index (χ4n) is 1.63. The van der Waals surface area contributed by atoms with Crippen LogP contribution in [0.15, 0.2) is 24.3 Å². The van der Waals surface area contributed by atoms with E-state index in [0.717, 1.165) is 5.56 Å². The van der Waals surface area contributed by atoms with Gasteiger partial charge in [0.05, 0.1) is 11.5 Å². The van der Waals surface area contributed by atoms with E-state index in [-0.39, 0.29) is 16.9 Å². The van der Waals surface area contributed by atoms with E-state index in [1.165, 1.54) is 5.56 Å². The SMILES string of the molecule is CC(O)CC(Cl)c1ccc(C(C)(C)C)cc1. The second kappa shape index (κ2) is 5.20. The van der Waals surface area contributed by atoms with E-state index in [9.17, 15) is 5.11 Å². The van der Waals surface area contributed by atoms with Gasteiger partial charge in [0.25, 0.3) is 0 Å². The molecule has 0 bridgehead atoms. The van der Waals surface area contributed by atoms with Gasteiger partial charge < -0.3 is 5.11 Å². The third-order valence-corrected chi connectivity index (χ3v) is 3.12. The van der Waals surface area contributed by atoms with Crippen molar-refractivity contribution in [2.75, 3.05) is 0 Å². The molecule has 1 aromatic rings. The zero-order valence-electron chi connectivity index (χ0n) is 10.5. The molecule has 1 N–H and O–H groups in total. The minimum Gasteiger partial charge on any atom is -0.393 e. The van der Waals surface area contributed by atoms with Crippen LogP contribution >= 0.6 is 11.6 Å². The molecule has 1 nitrogen and oxygen atoms in total. The zero-order valence-corrected chi connectivity index (χ0v) is 11.3. The number of alkyl halides is 1. The minimum absolute atomic E-state index is 0.103. The lowest BCUT2D eigenvalue weighted by atomic mass is 9.86. The Morgan fingerprint density at radius 3 is 2.06 bits per heavy atom. The van der Waals surface area contributed by atoms with Crippen LogP contribution in [-0.2, 0) is 5.41 Å². The molecule has 0 aliphatic carbocycles. The van der Waals surface area contributed by atoms with Gasteiger partial charge in [-0.2, -0.15) is 0 Å². The fourth-order valence-corrected chi connectivity index (χ4v) is 2.03. The maximum Gasteiger partial charge on any atom is 0.0609 e. The lowest BCUT2D eigenvalue weighted by Crippen LogP contribution is -2.11. The van der Waals surface area contributed by atoms with Gasteiger partial charge in [-0.15, -0.1) is 11.6 Å². The normalized spacial score (nSPS) is 15.9. The summed E-state index contributed by atoms with van der Waals surface area (Å²) in [5.41, 5.74) is 2.55. The van der Waals surface area contributed by atoms with Crippen molar-refractivity contribution < 1.29 is 5.11 Å². The average molecular weight is 241 g/mol. The predicted molar refractivity (Wildman–Crippen MR) is 70.0 cm³/mol. The molecule has 16 heavy (non-hydrogen) atoms. The first kappa shape index (κ1) is 13.5. The van der Waals surface area contributed by atoms with Crippen molar-refractivity contribution in [1.29, 1.82) is 0 Å². The van der Waals surface area contributed by atoms with Crippen molar-refractivity contribution in [3.05, 3.63) is 35.4 Å². The van der Waals surface area contributed by atoms with Gasteiger partial charge in [0.15, 0.2) is 0 Å². The van der Waals surface area contributed by atoms with E-state index in [2.05, 4.69) is 45.0 Å². The fraction of sp³-hybridized carbons (Fsp3) is 0.571. The Hall–Kier alpha value is -0.530. The summed E-state index contributed by atoms with van der Waals surface area (Å²) in [6.07, 6.45) is 0.237. The number of hydrogen-bond donors (Lipinski definition) is 1. The predicted octanol–water partition coefficient (Wildman–Crippen LogP) is 4.03. The van der Waals surface area contributed by atoms with Gasteiger partial charge in [-0.3, -0.25) is 0 Å². The number of aliphatic hydroxyl groups is 1. The Balaban J connectivity index is 2.79. The highest BCUT2D eigenvalue weighted by molar-refractivity contribution is 6.20. The van der Waals surface area contributed by atoms with Gasteiger partial charge in [-0.25, -0.2) is 0 Å². The van der Waals surface area contributed by atoms with Gasteiger partial charge in [0.1, 0.15) is 0 Å². The highest BCUT2D eigenvalue weighted by atomic mass is 35.5. The van der Waals surface area contributed by atoms with E-state index in [4.69, 9.17) is 11.6 Å². The number of halogens is 1. The quantitative estimate of drug-likeness (QED) is 0.791. The van der Waals surface area contributed by atoms with E-state index < -0.39 is 0 Å². The standard InChI is InChI=1S/C14H21ClO/c1-10(16)9-13(15)11-5-7-12(8-6-11)14(2,3)4/h5-8,10,13,16H,9H2,1-4H3. The monoisotopic (exact) mass is 240 g/mol. The molecule has 0 amide bonds. The van der Waals surface area contributed by atoms with Crippen LogP contribution in [0.2, 0.25) is 0 Å². The first-order valence-corrected chi connectivity index (χ1v) is 6.17. The van der Waals surface area contributed by atoms with Crippen LogP contribution in [0.4, 0.5) is 0 Å². The Morgan fingerprint density at radius 1 is 1.19 bits per heavy atom. The average Bonchev–Trinajstić information content (AvgIpc) is 2.15. The van der Waals surface area contributed by atoms with Crippen molar-refractivity contribution in [2.24, 2.45) is 0 Å². The summed E-state index contributed by atoms with van der Waals surface area (Å²) in [6, 6.07) is 8.35. The van der Waals surface area contributed by atoms with E-state index >= 15 is 0 Å². The van der Waals surface area contributed by atoms with Crippen LogP contribution in [0.5, 0.6) is 0 Å². The number of rotatable bonds is 3. The van der Waals surface area contributed by atoms with Crippen LogP contribution < -0.4 is 0 Å². The van der Waals surface area contributed by atoms with Crippen molar-refractivity contribution in [2.45, 2.75) is 51.0 Å². The molecule has 1 rings (SSSR count). The van der Waals surface area contributed by atoms with Crippen LogP contribution in [-0.4, -0.2) is 11.2 Å². The van der Waals surface area contributed by atoms with Gasteiger partial charge in [0.2, 0.25) is 0 Å². The van der Waals surface area contributed by atoms with Crippen LogP contribution in [0.25, 0.3) is 0 Å². The maximum absolute atomic E-state index is 9.28. The second-order valence-electron chi connectivity index (χ2n) is 5.42. The minimum atomic E-state index is -0.357. The molecule has 2 atom stereocenters. The topological polar surface area (TPSA) is 20.2 Å². The lowest BCUT2D eigenvalue weighted by molar-refractivity contribution is 0.183. The second-order valence-corrected chi connectivity index (χ2v) is 5.95. The molecule has 2 heteroatoms. The summed E-state index contributed by atoms with van der Waals surface area (Å²) >= 11 is 6.21. The van der Waals surface area contributed by atoms with Crippen LogP contribution in [0.1, 0.15) is 50.6 Å². The molecule has 0 aromatic heterocycles. The Bertz CT molecular complexity index is 322. The van der Waals surface area contributed by atoms with E-state index in [0.29, 0.717) is 6.42 Å². The van der Waals surface area contributed by atoms with Crippen molar-refractivity contribution in [3.63, 3.8) is 0 Å². The van der Waals surface area contributed by atoms with Gasteiger partial charge >= 0.3 is 0 Å². The molecule has 0 aliphatic heterocycles. The van der Waals surface area contributed by atoms with Crippen molar-refractivity contribution >= 4 is 11.6 Å². The molecule has 1 aromatic carbocycles. The third kappa shape index (κ3) is 3.80. The molecule has 0 heterocycles. The highest BCUT2D eigenvalue weighted by Gasteiger charge is 2.15. The molecule has 0 radical (unpaired) electrons. The van der Waals surface area contributed by atoms with Gasteiger partial charge in [-0.1, -0.05) is 45.0 Å². The molecule has 0 fully saturated rings. The smallest absolute Gasteiger partial charge is 0.0609 e. The van der Waals surface area contributed by atoms with E-state index in [1.807, 2.05) is 0 Å². The summed E-state index contributed by atoms with van der Waals surface area (Å²) in [6.45, 7) is 8.33. The van der Waals surface area contributed by atoms with E-state index in [1.54, 1.807) is 6.92 Å². The maximum atomic E-state index is 9.28. The molecular formula is C14H21ClO. The number of benzene rings is 1. The Kier molecular flexibility index (Phi) is 4.40. The Labute approximate surface area is 103 Å². The first-order valence-electron chi connectivity index (χ1n) is 5.73. The van der Waals surface area contributed by atoms with Gasteiger partial charge in [-0.05, 0) is 29.9 Å². The van der Waals surface area contributed by atoms with Crippen LogP contribution in [0.3, 0.4) is 0 Å². The van der Waals surface area contributed by atoms with Crippen molar-refractivity contribution in [3.8, 4) is 0 Å². The summed E-state index contributed by atoms with van der Waals surface area (Å²) < 4.78 is 0. The third-order valence-electron chi connectivity index (χ3n) is 2.69. The molecule has 0 spiro atoms. The van der Waals surface area contributed by atoms with Crippen LogP contribution in [0, 0.1) is 0 Å². The van der Waals surface area contributed by atoms with Crippen molar-refractivity contribution in [1.82, 2.24) is 0 Å². The molecular weight excluding hydrogens is 220 g/mol.